The van der Waals surface area contributed by atoms with Crippen LogP contribution in [-0.2, 0) is 20.8 Å². The average Bonchev–Trinajstić information content (AvgIpc) is 3.34. The van der Waals surface area contributed by atoms with Crippen molar-refractivity contribution >= 4 is 5.91 Å². The Labute approximate surface area is 187 Å². The molecule has 1 aliphatic rings. The van der Waals surface area contributed by atoms with Crippen molar-refractivity contribution in [2.24, 2.45) is 0 Å². The monoisotopic (exact) mass is 437 g/mol. The molecule has 4 rings (SSSR count). The molecule has 1 fully saturated rings. The number of methoxy groups -OCH3 is 1. The largest absolute Gasteiger partial charge is 0.382 e. The molecule has 3 heterocycles. The van der Waals surface area contributed by atoms with Crippen molar-refractivity contribution in [1.82, 2.24) is 24.9 Å². The van der Waals surface area contributed by atoms with Gasteiger partial charge in [0.1, 0.15) is 6.61 Å². The third kappa shape index (κ3) is 5.76. The maximum atomic E-state index is 12.2. The van der Waals surface area contributed by atoms with E-state index in [4.69, 9.17) is 14.0 Å². The standard InChI is InChI=1S/C23H27N5O4/c1-30-12-13-31-17-21(29)28-10-8-27(9-11-28)16-18-4-2-5-19(14-18)22-25-23(32-26-22)20-6-3-7-24-15-20/h2-7,14-15H,8-13,16-17H2,1H3. The number of carbonyl (C=O) groups is 1. The number of nitrogens with zero attached hydrogens (tertiary/aromatic N) is 5. The van der Waals surface area contributed by atoms with Gasteiger partial charge in [-0.15, -0.1) is 0 Å². The number of piperazine rings is 1. The number of ether oxygens (including phenoxy) is 2. The van der Waals surface area contributed by atoms with Crippen LogP contribution in [0.3, 0.4) is 0 Å². The number of hydrogen-bond donors (Lipinski definition) is 0. The van der Waals surface area contributed by atoms with E-state index in [1.54, 1.807) is 19.5 Å². The van der Waals surface area contributed by atoms with E-state index in [1.807, 2.05) is 29.2 Å². The maximum Gasteiger partial charge on any atom is 0.259 e. The summed E-state index contributed by atoms with van der Waals surface area (Å²) in [6.07, 6.45) is 3.40. The second kappa shape index (κ2) is 10.9. The van der Waals surface area contributed by atoms with E-state index in [1.165, 1.54) is 0 Å². The molecule has 0 radical (unpaired) electrons. The smallest absolute Gasteiger partial charge is 0.259 e. The Kier molecular flexibility index (Phi) is 7.55. The van der Waals surface area contributed by atoms with Crippen LogP contribution in [0.15, 0.2) is 53.3 Å². The van der Waals surface area contributed by atoms with E-state index in [2.05, 4.69) is 32.2 Å². The summed E-state index contributed by atoms with van der Waals surface area (Å²) in [4.78, 5) is 25.0. The van der Waals surface area contributed by atoms with Crippen LogP contribution in [0.1, 0.15) is 5.56 Å². The molecule has 32 heavy (non-hydrogen) atoms. The zero-order valence-corrected chi connectivity index (χ0v) is 18.1. The summed E-state index contributed by atoms with van der Waals surface area (Å²) >= 11 is 0. The zero-order chi connectivity index (χ0) is 22.2. The predicted molar refractivity (Wildman–Crippen MR) is 118 cm³/mol. The number of pyridine rings is 1. The second-order valence-electron chi connectivity index (χ2n) is 7.57. The van der Waals surface area contributed by atoms with E-state index < -0.39 is 0 Å². The van der Waals surface area contributed by atoms with Crippen LogP contribution in [0.25, 0.3) is 22.8 Å². The number of rotatable bonds is 9. The Morgan fingerprint density at radius 2 is 1.94 bits per heavy atom. The molecule has 0 spiro atoms. The Bertz CT molecular complexity index is 1000. The molecule has 0 unspecified atom stereocenters. The van der Waals surface area contributed by atoms with Crippen LogP contribution in [-0.4, -0.2) is 83.9 Å². The Morgan fingerprint density at radius 1 is 1.09 bits per heavy atom. The van der Waals surface area contributed by atoms with E-state index in [9.17, 15) is 4.79 Å². The zero-order valence-electron chi connectivity index (χ0n) is 18.1. The van der Waals surface area contributed by atoms with Crippen molar-refractivity contribution in [2.75, 3.05) is 53.1 Å². The highest BCUT2D eigenvalue weighted by Gasteiger charge is 2.21. The average molecular weight is 438 g/mol. The molecule has 168 valence electrons. The summed E-state index contributed by atoms with van der Waals surface area (Å²) in [5.41, 5.74) is 2.86. The van der Waals surface area contributed by atoms with E-state index in [0.29, 0.717) is 38.0 Å². The molecular weight excluding hydrogens is 410 g/mol. The van der Waals surface area contributed by atoms with Crippen molar-refractivity contribution in [2.45, 2.75) is 6.54 Å². The molecule has 1 amide bonds. The first-order valence-electron chi connectivity index (χ1n) is 10.6. The minimum Gasteiger partial charge on any atom is -0.382 e. The van der Waals surface area contributed by atoms with Crippen molar-refractivity contribution in [3.05, 3.63) is 54.4 Å². The Hall–Kier alpha value is -3.14. The number of carbonyl (C=O) groups excluding carboxylic acids is 1. The van der Waals surface area contributed by atoms with Crippen molar-refractivity contribution < 1.29 is 18.8 Å². The molecule has 0 N–H and O–H groups in total. The van der Waals surface area contributed by atoms with Crippen molar-refractivity contribution in [1.29, 1.82) is 0 Å². The van der Waals surface area contributed by atoms with Gasteiger partial charge in [-0.05, 0) is 23.8 Å². The van der Waals surface area contributed by atoms with Gasteiger partial charge in [-0.3, -0.25) is 14.7 Å². The van der Waals surface area contributed by atoms with Gasteiger partial charge < -0.3 is 18.9 Å². The van der Waals surface area contributed by atoms with Crippen LogP contribution in [0.2, 0.25) is 0 Å². The molecule has 9 heteroatoms. The number of benzene rings is 1. The normalized spacial score (nSPS) is 14.6. The minimum absolute atomic E-state index is 0.0317. The van der Waals surface area contributed by atoms with Gasteiger partial charge in [0, 0.05) is 57.8 Å². The second-order valence-corrected chi connectivity index (χ2v) is 7.57. The van der Waals surface area contributed by atoms with Gasteiger partial charge in [-0.25, -0.2) is 0 Å². The molecule has 0 atom stereocenters. The van der Waals surface area contributed by atoms with Gasteiger partial charge in [0.15, 0.2) is 0 Å². The summed E-state index contributed by atoms with van der Waals surface area (Å²) in [5.74, 6) is 1.03. The molecule has 3 aromatic rings. The lowest BCUT2D eigenvalue weighted by molar-refractivity contribution is -0.138. The van der Waals surface area contributed by atoms with Crippen LogP contribution < -0.4 is 0 Å². The molecule has 2 aromatic heterocycles. The van der Waals surface area contributed by atoms with Crippen LogP contribution in [0, 0.1) is 0 Å². The third-order valence-electron chi connectivity index (χ3n) is 5.31. The third-order valence-corrected chi connectivity index (χ3v) is 5.31. The van der Waals surface area contributed by atoms with Gasteiger partial charge in [0.05, 0.1) is 18.8 Å². The number of aromatic nitrogens is 3. The molecule has 0 bridgehead atoms. The molecule has 9 nitrogen and oxygen atoms in total. The quantitative estimate of drug-likeness (QED) is 0.470. The number of amides is 1. The van der Waals surface area contributed by atoms with Crippen molar-refractivity contribution in [3.63, 3.8) is 0 Å². The van der Waals surface area contributed by atoms with Gasteiger partial charge in [0.25, 0.3) is 5.89 Å². The summed E-state index contributed by atoms with van der Waals surface area (Å²) in [6.45, 7) is 4.88. The highest BCUT2D eigenvalue weighted by atomic mass is 16.5. The Morgan fingerprint density at radius 3 is 2.72 bits per heavy atom. The van der Waals surface area contributed by atoms with Crippen LogP contribution in [0.4, 0.5) is 0 Å². The SMILES string of the molecule is COCCOCC(=O)N1CCN(Cc2cccc(-c3noc(-c4cccnc4)n3)c2)CC1. The van der Waals surface area contributed by atoms with Crippen LogP contribution in [0.5, 0.6) is 0 Å². The summed E-state index contributed by atoms with van der Waals surface area (Å²) in [6, 6.07) is 11.9. The highest BCUT2D eigenvalue weighted by molar-refractivity contribution is 5.77. The topological polar surface area (TPSA) is 93.8 Å². The van der Waals surface area contributed by atoms with Crippen molar-refractivity contribution in [3.8, 4) is 22.8 Å². The first-order valence-corrected chi connectivity index (χ1v) is 10.6. The molecule has 1 saturated heterocycles. The lowest BCUT2D eigenvalue weighted by Gasteiger charge is -2.34. The van der Waals surface area contributed by atoms with E-state index in [-0.39, 0.29) is 12.5 Å². The van der Waals surface area contributed by atoms with E-state index >= 15 is 0 Å². The lowest BCUT2D eigenvalue weighted by atomic mass is 10.1. The first kappa shape index (κ1) is 22.1. The highest BCUT2D eigenvalue weighted by Crippen LogP contribution is 2.23. The first-order chi connectivity index (χ1) is 15.7. The van der Waals surface area contributed by atoms with E-state index in [0.717, 1.165) is 36.3 Å². The van der Waals surface area contributed by atoms with Gasteiger partial charge in [-0.2, -0.15) is 4.98 Å². The molecule has 0 aliphatic carbocycles. The molecule has 1 aromatic carbocycles. The number of hydrogen-bond acceptors (Lipinski definition) is 8. The minimum atomic E-state index is 0.0317. The van der Waals surface area contributed by atoms with Gasteiger partial charge in [0.2, 0.25) is 11.7 Å². The molecular formula is C23H27N5O4. The molecule has 1 aliphatic heterocycles. The fraction of sp³-hybridized carbons (Fsp3) is 0.391. The fourth-order valence-electron chi connectivity index (χ4n) is 3.56. The predicted octanol–water partition coefficient (Wildman–Crippen LogP) is 2.11. The summed E-state index contributed by atoms with van der Waals surface area (Å²) < 4.78 is 15.7. The summed E-state index contributed by atoms with van der Waals surface area (Å²) in [5, 5.41) is 4.12. The lowest BCUT2D eigenvalue weighted by Crippen LogP contribution is -2.49. The van der Waals surface area contributed by atoms with Crippen LogP contribution >= 0.6 is 0 Å². The Balaban J connectivity index is 1.31. The summed E-state index contributed by atoms with van der Waals surface area (Å²) in [7, 11) is 1.61. The van der Waals surface area contributed by atoms with Gasteiger partial charge >= 0.3 is 0 Å². The maximum absolute atomic E-state index is 12.2. The molecule has 0 saturated carbocycles. The van der Waals surface area contributed by atoms with Gasteiger partial charge in [-0.1, -0.05) is 23.4 Å². The fourth-order valence-corrected chi connectivity index (χ4v) is 3.56.